The number of phenolic OH excluding ortho intramolecular Hbond substituents is 2. The maximum absolute atomic E-state index is 11.1. The molecule has 0 atom stereocenters. The molecule has 0 amide bonds. The molecule has 0 saturated carbocycles. The molecule has 2 N–H and O–H groups in total. The Labute approximate surface area is 210 Å². The molecule has 0 unspecified atom stereocenters. The molecule has 1 aliphatic heterocycles. The van der Waals surface area contributed by atoms with Crippen molar-refractivity contribution in [1.82, 2.24) is 4.90 Å². The lowest BCUT2D eigenvalue weighted by molar-refractivity contribution is 0.212. The predicted octanol–water partition coefficient (Wildman–Crippen LogP) is 6.60. The molecule has 0 aromatic heterocycles. The Morgan fingerprint density at radius 2 is 1.14 bits per heavy atom. The van der Waals surface area contributed by atoms with Crippen LogP contribution in [0.4, 0.5) is 5.69 Å². The average molecular weight is 473 g/mol. The van der Waals surface area contributed by atoms with Gasteiger partial charge in [0.05, 0.1) is 6.04 Å². The second-order valence-corrected chi connectivity index (χ2v) is 11.8. The molecule has 4 heteroatoms. The zero-order valence-electron chi connectivity index (χ0n) is 22.0. The van der Waals surface area contributed by atoms with Crippen LogP contribution in [0.15, 0.2) is 66.7 Å². The number of piperazine rings is 1. The van der Waals surface area contributed by atoms with E-state index in [0.29, 0.717) is 0 Å². The van der Waals surface area contributed by atoms with Crippen LogP contribution in [-0.2, 0) is 10.8 Å². The molecular weight excluding hydrogens is 432 g/mol. The summed E-state index contributed by atoms with van der Waals surface area (Å²) in [6, 6.07) is 23.8. The van der Waals surface area contributed by atoms with Gasteiger partial charge in [-0.25, -0.2) is 0 Å². The van der Waals surface area contributed by atoms with E-state index >= 15 is 0 Å². The summed E-state index contributed by atoms with van der Waals surface area (Å²) in [6.07, 6.45) is 0. The molecule has 3 aromatic rings. The molecule has 35 heavy (non-hydrogen) atoms. The van der Waals surface area contributed by atoms with Gasteiger partial charge in [0.1, 0.15) is 0 Å². The zero-order chi connectivity index (χ0) is 25.4. The van der Waals surface area contributed by atoms with Crippen molar-refractivity contribution in [2.75, 3.05) is 31.1 Å². The fourth-order valence-corrected chi connectivity index (χ4v) is 5.31. The van der Waals surface area contributed by atoms with Gasteiger partial charge in [-0.1, -0.05) is 102 Å². The molecule has 0 radical (unpaired) electrons. The smallest absolute Gasteiger partial charge is 0.163 e. The maximum atomic E-state index is 11.1. The summed E-state index contributed by atoms with van der Waals surface area (Å²) in [5.41, 5.74) is 4.67. The number of anilines is 1. The van der Waals surface area contributed by atoms with E-state index in [9.17, 15) is 10.2 Å². The Bertz CT molecular complexity index is 1100. The van der Waals surface area contributed by atoms with Crippen molar-refractivity contribution in [2.24, 2.45) is 0 Å². The maximum Gasteiger partial charge on any atom is 0.163 e. The summed E-state index contributed by atoms with van der Waals surface area (Å²) in [7, 11) is 0. The summed E-state index contributed by atoms with van der Waals surface area (Å²) in [5, 5.41) is 22.0. The van der Waals surface area contributed by atoms with Gasteiger partial charge in [-0.3, -0.25) is 4.90 Å². The summed E-state index contributed by atoms with van der Waals surface area (Å²) in [5.74, 6) is 0.0341. The lowest BCUT2D eigenvalue weighted by atomic mass is 9.79. The van der Waals surface area contributed by atoms with Gasteiger partial charge in [0.2, 0.25) is 0 Å². The fraction of sp³-hybridized carbons (Fsp3) is 0.419. The molecule has 186 valence electrons. The summed E-state index contributed by atoms with van der Waals surface area (Å²) >= 11 is 0. The van der Waals surface area contributed by atoms with Crippen molar-refractivity contribution in [1.29, 1.82) is 0 Å². The topological polar surface area (TPSA) is 46.9 Å². The van der Waals surface area contributed by atoms with E-state index < -0.39 is 0 Å². The van der Waals surface area contributed by atoms with Gasteiger partial charge in [0.15, 0.2) is 11.5 Å². The first-order valence-corrected chi connectivity index (χ1v) is 12.7. The Morgan fingerprint density at radius 3 is 1.57 bits per heavy atom. The molecule has 0 spiro atoms. The first kappa shape index (κ1) is 25.1. The normalized spacial score (nSPS) is 15.6. The van der Waals surface area contributed by atoms with Crippen molar-refractivity contribution in [3.63, 3.8) is 0 Å². The number of rotatable bonds is 4. The Balaban J connectivity index is 1.68. The SMILES string of the molecule is CC(C)(C)c1cc(N2CCN(C(c3ccccc3)c3ccccc3)CC2)c(C(C)(C)C)c(O)c1O. The summed E-state index contributed by atoms with van der Waals surface area (Å²) in [6.45, 7) is 16.0. The third-order valence-corrected chi connectivity index (χ3v) is 7.06. The highest BCUT2D eigenvalue weighted by Gasteiger charge is 2.34. The standard InChI is InChI=1S/C31H40N2O2/c1-30(2,3)24-21-25(26(31(4,5)6)29(35)28(24)34)32-17-19-33(20-18-32)27(22-13-9-7-10-14-22)23-15-11-8-12-16-23/h7-16,21,27,34-35H,17-20H2,1-6H3. The minimum atomic E-state index is -0.305. The average Bonchev–Trinajstić information content (AvgIpc) is 2.81. The molecule has 3 aromatic carbocycles. The van der Waals surface area contributed by atoms with E-state index in [1.165, 1.54) is 11.1 Å². The number of hydrogen-bond acceptors (Lipinski definition) is 4. The van der Waals surface area contributed by atoms with Gasteiger partial charge in [0.25, 0.3) is 0 Å². The Hall–Kier alpha value is -2.98. The number of hydrogen-bond donors (Lipinski definition) is 2. The predicted molar refractivity (Wildman–Crippen MR) is 146 cm³/mol. The summed E-state index contributed by atoms with van der Waals surface area (Å²) in [4.78, 5) is 4.95. The number of aromatic hydroxyl groups is 2. The van der Waals surface area contributed by atoms with E-state index in [4.69, 9.17) is 0 Å². The van der Waals surface area contributed by atoms with Crippen molar-refractivity contribution < 1.29 is 10.2 Å². The third-order valence-electron chi connectivity index (χ3n) is 7.06. The molecule has 4 nitrogen and oxygen atoms in total. The molecule has 1 saturated heterocycles. The van der Waals surface area contributed by atoms with Crippen LogP contribution in [0.1, 0.15) is 69.8 Å². The van der Waals surface area contributed by atoms with Crippen LogP contribution in [0, 0.1) is 0 Å². The first-order valence-electron chi connectivity index (χ1n) is 12.7. The third kappa shape index (κ3) is 5.18. The lowest BCUT2D eigenvalue weighted by Crippen LogP contribution is -2.48. The molecular formula is C31H40N2O2. The molecule has 1 fully saturated rings. The Morgan fingerprint density at radius 1 is 0.657 bits per heavy atom. The second kappa shape index (κ2) is 9.58. The molecule has 4 rings (SSSR count). The van der Waals surface area contributed by atoms with E-state index in [1.54, 1.807) is 0 Å². The van der Waals surface area contributed by atoms with E-state index in [-0.39, 0.29) is 28.4 Å². The highest BCUT2D eigenvalue weighted by molar-refractivity contribution is 5.70. The van der Waals surface area contributed by atoms with Crippen LogP contribution in [0.3, 0.4) is 0 Å². The molecule has 1 aliphatic rings. The number of nitrogens with zero attached hydrogens (tertiary/aromatic N) is 2. The van der Waals surface area contributed by atoms with Crippen molar-refractivity contribution in [2.45, 2.75) is 58.4 Å². The number of benzene rings is 3. The number of phenols is 2. The largest absolute Gasteiger partial charge is 0.504 e. The Kier molecular flexibility index (Phi) is 6.88. The van der Waals surface area contributed by atoms with Crippen LogP contribution in [0.25, 0.3) is 0 Å². The summed E-state index contributed by atoms with van der Waals surface area (Å²) < 4.78 is 0. The van der Waals surface area contributed by atoms with Crippen LogP contribution < -0.4 is 4.90 Å². The van der Waals surface area contributed by atoms with Gasteiger partial charge < -0.3 is 15.1 Å². The van der Waals surface area contributed by atoms with Gasteiger partial charge >= 0.3 is 0 Å². The van der Waals surface area contributed by atoms with Gasteiger partial charge in [-0.15, -0.1) is 0 Å². The second-order valence-electron chi connectivity index (χ2n) is 11.8. The zero-order valence-corrected chi connectivity index (χ0v) is 22.0. The molecule has 1 heterocycles. The highest BCUT2D eigenvalue weighted by Crippen LogP contribution is 2.49. The first-order chi connectivity index (χ1) is 16.5. The van der Waals surface area contributed by atoms with Gasteiger partial charge in [-0.2, -0.15) is 0 Å². The molecule has 0 bridgehead atoms. The van der Waals surface area contributed by atoms with Crippen LogP contribution in [0.5, 0.6) is 11.5 Å². The van der Waals surface area contributed by atoms with Crippen LogP contribution in [0.2, 0.25) is 0 Å². The quantitative estimate of drug-likeness (QED) is 0.420. The van der Waals surface area contributed by atoms with Crippen LogP contribution in [-0.4, -0.2) is 41.3 Å². The van der Waals surface area contributed by atoms with Gasteiger partial charge in [0, 0.05) is 43.0 Å². The van der Waals surface area contributed by atoms with Crippen LogP contribution >= 0.6 is 0 Å². The van der Waals surface area contributed by atoms with E-state index in [1.807, 2.05) is 0 Å². The lowest BCUT2D eigenvalue weighted by Gasteiger charge is -2.42. The minimum absolute atomic E-state index is 0.0121. The van der Waals surface area contributed by atoms with Crippen molar-refractivity contribution >= 4 is 5.69 Å². The van der Waals surface area contributed by atoms with Gasteiger partial charge in [-0.05, 0) is 28.0 Å². The minimum Gasteiger partial charge on any atom is -0.504 e. The van der Waals surface area contributed by atoms with E-state index in [2.05, 4.69) is 118 Å². The van der Waals surface area contributed by atoms with Crippen molar-refractivity contribution in [3.8, 4) is 11.5 Å². The van der Waals surface area contributed by atoms with E-state index in [0.717, 1.165) is 43.0 Å². The fourth-order valence-electron chi connectivity index (χ4n) is 5.31. The molecule has 0 aliphatic carbocycles. The highest BCUT2D eigenvalue weighted by atomic mass is 16.3. The van der Waals surface area contributed by atoms with Crippen molar-refractivity contribution in [3.05, 3.63) is 89.0 Å². The monoisotopic (exact) mass is 472 g/mol.